The lowest BCUT2D eigenvalue weighted by atomic mass is 10.1. The third-order valence-electron chi connectivity index (χ3n) is 2.56. The van der Waals surface area contributed by atoms with E-state index in [-0.39, 0.29) is 0 Å². The van der Waals surface area contributed by atoms with Crippen LogP contribution in [0.4, 0.5) is 0 Å². The van der Waals surface area contributed by atoms with Crippen molar-refractivity contribution in [2.24, 2.45) is 0 Å². The fraction of sp³-hybridized carbons (Fsp3) is 0.333. The topological polar surface area (TPSA) is 17.0 Å². The lowest BCUT2D eigenvalue weighted by Gasteiger charge is -2.03. The molecule has 0 unspecified atom stereocenters. The molecule has 2 heteroatoms. The van der Waals surface area contributed by atoms with Gasteiger partial charge in [0.15, 0.2) is 0 Å². The van der Waals surface area contributed by atoms with Gasteiger partial charge in [-0.25, -0.2) is 0 Å². The molecule has 0 saturated heterocycles. The van der Waals surface area contributed by atoms with Crippen molar-refractivity contribution in [3.05, 3.63) is 36.0 Å². The normalized spacial score (nSPS) is 11.0. The van der Waals surface area contributed by atoms with Crippen LogP contribution >= 0.6 is 0 Å². The minimum atomic E-state index is 0.938. The van der Waals surface area contributed by atoms with Crippen LogP contribution in [0.1, 0.15) is 12.5 Å². The molecule has 0 aliphatic heterocycles. The van der Waals surface area contributed by atoms with E-state index in [1.165, 1.54) is 16.5 Å². The molecule has 2 rings (SSSR count). The Labute approximate surface area is 84.5 Å². The Morgan fingerprint density at radius 3 is 2.86 bits per heavy atom. The van der Waals surface area contributed by atoms with E-state index in [9.17, 15) is 0 Å². The highest BCUT2D eigenvalue weighted by atomic mass is 14.9. The molecule has 0 amide bonds. The summed E-state index contributed by atoms with van der Waals surface area (Å²) >= 11 is 0. The number of benzene rings is 1. The van der Waals surface area contributed by atoms with Gasteiger partial charge in [-0.1, -0.05) is 6.07 Å². The van der Waals surface area contributed by atoms with Gasteiger partial charge in [0.05, 0.1) is 0 Å². The average Bonchev–Trinajstić information content (AvgIpc) is 2.60. The first-order chi connectivity index (χ1) is 6.85. The third kappa shape index (κ3) is 1.53. The zero-order chi connectivity index (χ0) is 9.97. The molecule has 14 heavy (non-hydrogen) atoms. The minimum Gasteiger partial charge on any atom is -0.348 e. The number of aryl methyl sites for hydroxylation is 1. The van der Waals surface area contributed by atoms with Gasteiger partial charge in [-0.15, -0.1) is 0 Å². The molecule has 1 aromatic heterocycles. The smallest absolute Gasteiger partial charge is 0.0480 e. The molecule has 0 saturated carbocycles. The van der Waals surface area contributed by atoms with E-state index in [1.54, 1.807) is 0 Å². The summed E-state index contributed by atoms with van der Waals surface area (Å²) in [6.07, 6.45) is 2.15. The molecule has 1 N–H and O–H groups in total. The molecule has 2 nitrogen and oxygen atoms in total. The van der Waals surface area contributed by atoms with Crippen LogP contribution in [0.25, 0.3) is 10.9 Å². The van der Waals surface area contributed by atoms with Crippen molar-refractivity contribution in [1.82, 2.24) is 9.88 Å². The van der Waals surface area contributed by atoms with Crippen molar-refractivity contribution in [3.8, 4) is 0 Å². The van der Waals surface area contributed by atoms with E-state index in [0.717, 1.165) is 13.1 Å². The lowest BCUT2D eigenvalue weighted by molar-refractivity contribution is 0.796. The second kappa shape index (κ2) is 3.84. The van der Waals surface area contributed by atoms with Crippen molar-refractivity contribution < 1.29 is 0 Å². The van der Waals surface area contributed by atoms with Gasteiger partial charge in [0.25, 0.3) is 0 Å². The van der Waals surface area contributed by atoms with Gasteiger partial charge < -0.3 is 9.88 Å². The molecule has 0 aliphatic rings. The SMILES string of the molecule is CCn1ccc2cc(CNC)ccc21. The molecular formula is C12H16N2. The van der Waals surface area contributed by atoms with Crippen LogP contribution < -0.4 is 5.32 Å². The molecular weight excluding hydrogens is 172 g/mol. The van der Waals surface area contributed by atoms with E-state index < -0.39 is 0 Å². The highest BCUT2D eigenvalue weighted by Gasteiger charge is 1.99. The number of nitrogens with one attached hydrogen (secondary N) is 1. The van der Waals surface area contributed by atoms with Crippen LogP contribution in [0.15, 0.2) is 30.5 Å². The monoisotopic (exact) mass is 188 g/mol. The summed E-state index contributed by atoms with van der Waals surface area (Å²) in [7, 11) is 1.97. The predicted molar refractivity (Wildman–Crippen MR) is 60.4 cm³/mol. The maximum absolute atomic E-state index is 3.16. The summed E-state index contributed by atoms with van der Waals surface area (Å²) in [5.74, 6) is 0. The first-order valence-electron chi connectivity index (χ1n) is 5.07. The third-order valence-corrected chi connectivity index (χ3v) is 2.56. The second-order valence-electron chi connectivity index (χ2n) is 3.53. The summed E-state index contributed by atoms with van der Waals surface area (Å²) in [5, 5.41) is 4.50. The lowest BCUT2D eigenvalue weighted by Crippen LogP contribution is -2.04. The highest BCUT2D eigenvalue weighted by Crippen LogP contribution is 2.17. The van der Waals surface area contributed by atoms with Crippen LogP contribution in [0.5, 0.6) is 0 Å². The molecule has 0 radical (unpaired) electrons. The first-order valence-corrected chi connectivity index (χ1v) is 5.07. The Kier molecular flexibility index (Phi) is 2.55. The van der Waals surface area contributed by atoms with Crippen molar-refractivity contribution in [2.75, 3.05) is 7.05 Å². The van der Waals surface area contributed by atoms with Crippen LogP contribution in [0, 0.1) is 0 Å². The zero-order valence-corrected chi connectivity index (χ0v) is 8.75. The molecule has 74 valence electrons. The van der Waals surface area contributed by atoms with Crippen molar-refractivity contribution in [1.29, 1.82) is 0 Å². The Morgan fingerprint density at radius 1 is 1.29 bits per heavy atom. The van der Waals surface area contributed by atoms with Gasteiger partial charge in [-0.3, -0.25) is 0 Å². The van der Waals surface area contributed by atoms with E-state index >= 15 is 0 Å². The molecule has 0 atom stereocenters. The van der Waals surface area contributed by atoms with Gasteiger partial charge >= 0.3 is 0 Å². The maximum atomic E-state index is 3.16. The second-order valence-corrected chi connectivity index (χ2v) is 3.53. The Balaban J connectivity index is 2.46. The van der Waals surface area contributed by atoms with Gasteiger partial charge in [-0.05, 0) is 43.1 Å². The Morgan fingerprint density at radius 2 is 2.14 bits per heavy atom. The van der Waals surface area contributed by atoms with Crippen LogP contribution in [-0.2, 0) is 13.1 Å². The Hall–Kier alpha value is -1.28. The predicted octanol–water partition coefficient (Wildman–Crippen LogP) is 2.38. The van der Waals surface area contributed by atoms with E-state index in [1.807, 2.05) is 7.05 Å². The number of hydrogen-bond acceptors (Lipinski definition) is 1. The maximum Gasteiger partial charge on any atom is 0.0480 e. The summed E-state index contributed by atoms with van der Waals surface area (Å²) in [6, 6.07) is 8.81. The molecule has 2 aromatic rings. The molecule has 0 aliphatic carbocycles. The number of hydrogen-bond donors (Lipinski definition) is 1. The Bertz CT molecular complexity index is 429. The average molecular weight is 188 g/mol. The van der Waals surface area contributed by atoms with Crippen molar-refractivity contribution in [2.45, 2.75) is 20.0 Å². The van der Waals surface area contributed by atoms with Crippen LogP contribution in [-0.4, -0.2) is 11.6 Å². The van der Waals surface area contributed by atoms with Crippen LogP contribution in [0.3, 0.4) is 0 Å². The summed E-state index contributed by atoms with van der Waals surface area (Å²) < 4.78 is 2.26. The number of rotatable bonds is 3. The van der Waals surface area contributed by atoms with Crippen molar-refractivity contribution >= 4 is 10.9 Å². The van der Waals surface area contributed by atoms with Gasteiger partial charge in [0.2, 0.25) is 0 Å². The molecule has 1 heterocycles. The standard InChI is InChI=1S/C12H16N2/c1-3-14-7-6-11-8-10(9-13-2)4-5-12(11)14/h4-8,13H,3,9H2,1-2H3. The highest BCUT2D eigenvalue weighted by molar-refractivity contribution is 5.80. The molecule has 0 spiro atoms. The molecule has 0 bridgehead atoms. The quantitative estimate of drug-likeness (QED) is 0.782. The summed E-state index contributed by atoms with van der Waals surface area (Å²) in [4.78, 5) is 0. The van der Waals surface area contributed by atoms with Crippen LogP contribution in [0.2, 0.25) is 0 Å². The first kappa shape index (κ1) is 9.28. The fourth-order valence-electron chi connectivity index (χ4n) is 1.84. The van der Waals surface area contributed by atoms with Gasteiger partial charge in [0, 0.05) is 24.8 Å². The van der Waals surface area contributed by atoms with E-state index in [0.29, 0.717) is 0 Å². The summed E-state index contributed by atoms with van der Waals surface area (Å²) in [5.41, 5.74) is 2.67. The van der Waals surface area contributed by atoms with Gasteiger partial charge in [0.1, 0.15) is 0 Å². The molecule has 1 aromatic carbocycles. The number of aromatic nitrogens is 1. The van der Waals surface area contributed by atoms with E-state index in [2.05, 4.69) is 47.3 Å². The van der Waals surface area contributed by atoms with E-state index in [4.69, 9.17) is 0 Å². The number of nitrogens with zero attached hydrogens (tertiary/aromatic N) is 1. The number of fused-ring (bicyclic) bond motifs is 1. The van der Waals surface area contributed by atoms with Gasteiger partial charge in [-0.2, -0.15) is 0 Å². The summed E-state index contributed by atoms with van der Waals surface area (Å²) in [6.45, 7) is 4.14. The van der Waals surface area contributed by atoms with Crippen molar-refractivity contribution in [3.63, 3.8) is 0 Å². The minimum absolute atomic E-state index is 0.938. The molecule has 0 fully saturated rings. The fourth-order valence-corrected chi connectivity index (χ4v) is 1.84. The zero-order valence-electron chi connectivity index (χ0n) is 8.75. The largest absolute Gasteiger partial charge is 0.348 e.